The number of hydrogen-bond donors (Lipinski definition) is 0. The van der Waals surface area contributed by atoms with Crippen LogP contribution in [-0.4, -0.2) is 20.9 Å². The quantitative estimate of drug-likeness (QED) is 0.736. The molecule has 0 atom stereocenters. The Morgan fingerprint density at radius 3 is 2.25 bits per heavy atom. The van der Waals surface area contributed by atoms with Crippen LogP contribution >= 0.6 is 11.6 Å². The second kappa shape index (κ2) is 4.81. The van der Waals surface area contributed by atoms with E-state index in [1.54, 1.807) is 0 Å². The Bertz CT molecular complexity index is 280. The van der Waals surface area contributed by atoms with E-state index >= 15 is 0 Å². The molecule has 0 aliphatic rings. The van der Waals surface area contributed by atoms with E-state index in [1.165, 1.54) is 0 Å². The summed E-state index contributed by atoms with van der Waals surface area (Å²) in [6, 6.07) is 9.11. The first-order valence-corrected chi connectivity index (χ1v) is 5.84. The zero-order valence-electron chi connectivity index (χ0n) is 5.93. The molecule has 0 nitrogen and oxygen atoms in total. The van der Waals surface area contributed by atoms with Crippen molar-refractivity contribution in [2.75, 3.05) is 0 Å². The molecule has 0 saturated carbocycles. The Morgan fingerprint density at radius 2 is 1.75 bits per heavy atom. The van der Waals surface area contributed by atoms with Crippen LogP contribution in [-0.2, 0) is 0 Å². The first-order chi connectivity index (χ1) is 5.70. The van der Waals surface area contributed by atoms with Gasteiger partial charge in [-0.2, -0.15) is 0 Å². The standard InChI is InChI=1S/C8H5ClF2Te/c9-7(8(10)11)12-6-4-2-1-3-5-6/h1-5H. The Hall–Kier alpha value is -0.100. The van der Waals surface area contributed by atoms with Crippen LogP contribution in [0.3, 0.4) is 0 Å². The van der Waals surface area contributed by atoms with Crippen molar-refractivity contribution in [2.45, 2.75) is 0 Å². The van der Waals surface area contributed by atoms with E-state index in [4.69, 9.17) is 11.6 Å². The Balaban J connectivity index is 2.72. The Labute approximate surface area is 84.3 Å². The number of benzene rings is 1. The Kier molecular flexibility index (Phi) is 4.00. The molecule has 0 fully saturated rings. The minimum absolute atomic E-state index is 0.258. The van der Waals surface area contributed by atoms with Crippen LogP contribution in [0.4, 0.5) is 8.78 Å². The van der Waals surface area contributed by atoms with Crippen LogP contribution in [0, 0.1) is 0 Å². The molecule has 1 aromatic rings. The van der Waals surface area contributed by atoms with Crippen LogP contribution in [0.1, 0.15) is 0 Å². The summed E-state index contributed by atoms with van der Waals surface area (Å²) in [5.74, 6) is 0. The van der Waals surface area contributed by atoms with Gasteiger partial charge in [-0.3, -0.25) is 0 Å². The van der Waals surface area contributed by atoms with Gasteiger partial charge in [-0.1, -0.05) is 0 Å². The summed E-state index contributed by atoms with van der Waals surface area (Å²) >= 11 is 4.28. The van der Waals surface area contributed by atoms with Crippen molar-refractivity contribution in [1.82, 2.24) is 0 Å². The molecule has 64 valence electrons. The third-order valence-electron chi connectivity index (χ3n) is 1.10. The van der Waals surface area contributed by atoms with Gasteiger partial charge in [0, 0.05) is 0 Å². The van der Waals surface area contributed by atoms with E-state index in [1.807, 2.05) is 30.3 Å². The maximum atomic E-state index is 11.9. The van der Waals surface area contributed by atoms with E-state index in [0.717, 1.165) is 3.61 Å². The molecule has 1 aromatic carbocycles. The van der Waals surface area contributed by atoms with E-state index < -0.39 is 27.0 Å². The first kappa shape index (κ1) is 9.98. The summed E-state index contributed by atoms with van der Waals surface area (Å²) in [7, 11) is 0. The third-order valence-corrected chi connectivity index (χ3v) is 4.16. The summed E-state index contributed by atoms with van der Waals surface area (Å²) in [5.41, 5.74) is 0. The molecule has 0 bridgehead atoms. The monoisotopic (exact) mass is 304 g/mol. The van der Waals surface area contributed by atoms with Crippen LogP contribution in [0.5, 0.6) is 0 Å². The van der Waals surface area contributed by atoms with E-state index in [-0.39, 0.29) is 3.08 Å². The van der Waals surface area contributed by atoms with Gasteiger partial charge in [0.2, 0.25) is 0 Å². The number of hydrogen-bond acceptors (Lipinski definition) is 0. The maximum absolute atomic E-state index is 11.9. The van der Waals surface area contributed by atoms with Gasteiger partial charge in [0.05, 0.1) is 0 Å². The predicted molar refractivity (Wildman–Crippen MR) is 46.9 cm³/mol. The van der Waals surface area contributed by atoms with E-state index in [2.05, 4.69) is 0 Å². The molecule has 0 saturated heterocycles. The van der Waals surface area contributed by atoms with Crippen molar-refractivity contribution in [1.29, 1.82) is 0 Å². The fourth-order valence-corrected chi connectivity index (χ4v) is 2.88. The molecule has 0 spiro atoms. The summed E-state index contributed by atoms with van der Waals surface area (Å²) < 4.78 is 24.4. The fourth-order valence-electron chi connectivity index (χ4n) is 0.631. The number of halogens is 3. The third kappa shape index (κ3) is 3.10. The van der Waals surface area contributed by atoms with Crippen LogP contribution in [0.2, 0.25) is 0 Å². The van der Waals surface area contributed by atoms with Gasteiger partial charge in [-0.15, -0.1) is 0 Å². The molecule has 4 heteroatoms. The molecule has 0 aromatic heterocycles. The summed E-state index contributed by atoms with van der Waals surface area (Å²) in [4.78, 5) is 0. The molecule has 0 aliphatic heterocycles. The second-order valence-electron chi connectivity index (χ2n) is 1.95. The molecular weight excluding hydrogens is 297 g/mol. The van der Waals surface area contributed by atoms with Gasteiger partial charge in [0.15, 0.2) is 0 Å². The summed E-state index contributed by atoms with van der Waals surface area (Å²) in [6.45, 7) is 0. The van der Waals surface area contributed by atoms with Crippen molar-refractivity contribution >= 4 is 36.1 Å². The molecule has 0 unspecified atom stereocenters. The van der Waals surface area contributed by atoms with E-state index in [0.29, 0.717) is 0 Å². The summed E-state index contributed by atoms with van der Waals surface area (Å²) in [5, 5.41) is 0. The van der Waals surface area contributed by atoms with Crippen molar-refractivity contribution in [3.05, 3.63) is 39.5 Å². The molecule has 0 amide bonds. The van der Waals surface area contributed by atoms with Crippen molar-refractivity contribution in [3.63, 3.8) is 0 Å². The first-order valence-electron chi connectivity index (χ1n) is 3.14. The molecular formula is C8H5ClF2Te. The Morgan fingerprint density at radius 1 is 1.17 bits per heavy atom. The van der Waals surface area contributed by atoms with Gasteiger partial charge in [-0.05, 0) is 0 Å². The molecule has 0 heterocycles. The molecule has 0 radical (unpaired) electrons. The molecule has 0 N–H and O–H groups in total. The molecule has 1 rings (SSSR count). The average Bonchev–Trinajstić information content (AvgIpc) is 2.06. The normalized spacial score (nSPS) is 9.58. The zero-order chi connectivity index (χ0) is 8.97. The second-order valence-corrected chi connectivity index (χ2v) is 6.12. The zero-order valence-corrected chi connectivity index (χ0v) is 9.02. The van der Waals surface area contributed by atoms with Crippen LogP contribution < -0.4 is 3.61 Å². The van der Waals surface area contributed by atoms with Gasteiger partial charge in [0.25, 0.3) is 0 Å². The van der Waals surface area contributed by atoms with Gasteiger partial charge < -0.3 is 0 Å². The van der Waals surface area contributed by atoms with Crippen LogP contribution in [0.25, 0.3) is 0 Å². The molecule has 0 aliphatic carbocycles. The van der Waals surface area contributed by atoms with Gasteiger partial charge >= 0.3 is 84.4 Å². The fraction of sp³-hybridized carbons (Fsp3) is 0. The number of rotatable bonds is 2. The van der Waals surface area contributed by atoms with Gasteiger partial charge in [0.1, 0.15) is 0 Å². The topological polar surface area (TPSA) is 0 Å². The van der Waals surface area contributed by atoms with Crippen molar-refractivity contribution in [3.8, 4) is 0 Å². The predicted octanol–water partition coefficient (Wildman–Crippen LogP) is 2.32. The van der Waals surface area contributed by atoms with E-state index in [9.17, 15) is 8.78 Å². The van der Waals surface area contributed by atoms with Crippen molar-refractivity contribution < 1.29 is 8.78 Å². The minimum atomic E-state index is -1.75. The van der Waals surface area contributed by atoms with Crippen LogP contribution in [0.15, 0.2) is 39.5 Å². The van der Waals surface area contributed by atoms with Gasteiger partial charge in [-0.25, -0.2) is 0 Å². The average molecular weight is 302 g/mol. The molecule has 12 heavy (non-hydrogen) atoms. The SMILES string of the molecule is FC(F)=C(Cl)[Te]c1ccccc1. The summed E-state index contributed by atoms with van der Waals surface area (Å²) in [6.07, 6.45) is -1.75. The van der Waals surface area contributed by atoms with Crippen molar-refractivity contribution in [2.24, 2.45) is 0 Å².